The molecule has 2 fully saturated rings. The van der Waals surface area contributed by atoms with E-state index in [1.807, 2.05) is 31.2 Å². The first kappa shape index (κ1) is 20.4. The molecule has 0 radical (unpaired) electrons. The molecule has 0 bridgehead atoms. The number of aliphatic hydroxyl groups is 1. The molecule has 0 amide bonds. The van der Waals surface area contributed by atoms with E-state index in [4.69, 9.17) is 4.74 Å². The van der Waals surface area contributed by atoms with Crippen molar-refractivity contribution in [1.29, 1.82) is 0 Å². The van der Waals surface area contributed by atoms with Crippen molar-refractivity contribution in [2.75, 3.05) is 6.61 Å². The Morgan fingerprint density at radius 2 is 1.69 bits per heavy atom. The summed E-state index contributed by atoms with van der Waals surface area (Å²) in [5, 5.41) is 20.7. The Labute approximate surface area is 174 Å². The second kappa shape index (κ2) is 9.29. The quantitative estimate of drug-likeness (QED) is 0.623. The van der Waals surface area contributed by atoms with E-state index in [9.17, 15) is 5.11 Å². The van der Waals surface area contributed by atoms with Crippen molar-refractivity contribution >= 4 is 16.9 Å². The molecular weight excluding hydrogens is 362 g/mol. The number of fused-ring (bicyclic) bond motifs is 1. The van der Waals surface area contributed by atoms with Crippen LogP contribution in [0.2, 0.25) is 0 Å². The van der Waals surface area contributed by atoms with Crippen LogP contribution in [0.4, 0.5) is 0 Å². The van der Waals surface area contributed by atoms with Gasteiger partial charge in [0.2, 0.25) is 5.88 Å². The molecule has 158 valence electrons. The Morgan fingerprint density at radius 1 is 1.07 bits per heavy atom. The molecule has 29 heavy (non-hydrogen) atoms. The van der Waals surface area contributed by atoms with Crippen LogP contribution < -0.4 is 0 Å². The van der Waals surface area contributed by atoms with Crippen LogP contribution in [0.15, 0.2) is 30.3 Å². The number of aromatic nitrogens is 3. The van der Waals surface area contributed by atoms with Gasteiger partial charge in [-0.3, -0.25) is 0 Å². The smallest absolute Gasteiger partial charge is 0.212 e. The van der Waals surface area contributed by atoms with Crippen molar-refractivity contribution < 1.29 is 9.84 Å². The molecule has 2 aromatic rings. The number of hydrogen-bond acceptors (Lipinski definition) is 4. The van der Waals surface area contributed by atoms with Gasteiger partial charge in [-0.2, -0.15) is 4.68 Å². The summed E-state index contributed by atoms with van der Waals surface area (Å²) in [5.41, 5.74) is 1.15. The maximum atomic E-state index is 12.0. The lowest BCUT2D eigenvalue weighted by atomic mass is 9.65. The average Bonchev–Trinajstić information content (AvgIpc) is 3.22. The third-order valence-electron chi connectivity index (χ3n) is 7.08. The monoisotopic (exact) mass is 397 g/mol. The minimum Gasteiger partial charge on any atom is -0.478 e. The van der Waals surface area contributed by atoms with E-state index in [1.54, 1.807) is 4.68 Å². The van der Waals surface area contributed by atoms with E-state index >= 15 is 0 Å². The highest BCUT2D eigenvalue weighted by Crippen LogP contribution is 2.45. The Kier molecular flexibility index (Phi) is 6.53. The van der Waals surface area contributed by atoms with Gasteiger partial charge in [0.1, 0.15) is 5.52 Å². The number of para-hydroxylation sites is 1. The van der Waals surface area contributed by atoms with Crippen LogP contribution in [0.5, 0.6) is 0 Å². The first-order chi connectivity index (χ1) is 14.2. The minimum atomic E-state index is -0.639. The third-order valence-corrected chi connectivity index (χ3v) is 7.08. The first-order valence-corrected chi connectivity index (χ1v) is 11.6. The fourth-order valence-electron chi connectivity index (χ4n) is 5.51. The molecule has 0 unspecified atom stereocenters. The van der Waals surface area contributed by atoms with Gasteiger partial charge in [0.15, 0.2) is 0 Å². The summed E-state index contributed by atoms with van der Waals surface area (Å²) < 4.78 is 7.75. The van der Waals surface area contributed by atoms with Crippen LogP contribution in [0.3, 0.4) is 0 Å². The summed E-state index contributed by atoms with van der Waals surface area (Å²) in [6.45, 7) is 2.55. The van der Waals surface area contributed by atoms with Crippen LogP contribution in [0.1, 0.15) is 77.6 Å². The van der Waals surface area contributed by atoms with Gasteiger partial charge in [0, 0.05) is 6.42 Å². The molecule has 1 aromatic heterocycles. The van der Waals surface area contributed by atoms with Crippen LogP contribution in [-0.2, 0) is 4.74 Å². The van der Waals surface area contributed by atoms with E-state index in [1.165, 1.54) is 38.5 Å². The second-order valence-corrected chi connectivity index (χ2v) is 8.83. The van der Waals surface area contributed by atoms with Gasteiger partial charge < -0.3 is 9.84 Å². The first-order valence-electron chi connectivity index (χ1n) is 11.6. The normalized spacial score (nSPS) is 20.3. The molecule has 2 saturated carbocycles. The lowest BCUT2D eigenvalue weighted by molar-refractivity contribution is -0.0895. The zero-order chi connectivity index (χ0) is 20.1. The van der Waals surface area contributed by atoms with Crippen LogP contribution >= 0.6 is 0 Å². The summed E-state index contributed by atoms with van der Waals surface area (Å²) in [4.78, 5) is 0. The van der Waals surface area contributed by atoms with Crippen molar-refractivity contribution in [3.8, 4) is 0 Å². The van der Waals surface area contributed by atoms with Gasteiger partial charge >= 0.3 is 0 Å². The van der Waals surface area contributed by atoms with Crippen molar-refractivity contribution in [3.05, 3.63) is 30.3 Å². The standard InChI is InChI=1S/C24H35N3O2/c1-2-29-23(27-22-16-10-9-15-21(22)25-26-27)17-18-24(28,19-11-5-3-6-12-19)20-13-7-4-8-14-20/h9-10,15-17,19-20,28H,2-8,11-14,18H2,1H3. The summed E-state index contributed by atoms with van der Waals surface area (Å²) in [6.07, 6.45) is 14.9. The summed E-state index contributed by atoms with van der Waals surface area (Å²) >= 11 is 0. The van der Waals surface area contributed by atoms with Crippen molar-refractivity contribution in [2.45, 2.75) is 83.2 Å². The highest BCUT2D eigenvalue weighted by atomic mass is 16.5. The fourth-order valence-corrected chi connectivity index (χ4v) is 5.51. The average molecular weight is 398 g/mol. The van der Waals surface area contributed by atoms with Crippen LogP contribution in [-0.4, -0.2) is 32.3 Å². The topological polar surface area (TPSA) is 60.2 Å². The molecule has 0 aliphatic heterocycles. The van der Waals surface area contributed by atoms with Gasteiger partial charge in [-0.05, 0) is 62.7 Å². The van der Waals surface area contributed by atoms with E-state index in [0.29, 0.717) is 30.7 Å². The van der Waals surface area contributed by atoms with Crippen molar-refractivity contribution in [3.63, 3.8) is 0 Å². The molecule has 1 aromatic carbocycles. The summed E-state index contributed by atoms with van der Waals surface area (Å²) in [7, 11) is 0. The maximum absolute atomic E-state index is 12.0. The predicted octanol–water partition coefficient (Wildman–Crippen LogP) is 5.55. The molecule has 1 N–H and O–H groups in total. The molecule has 5 heteroatoms. The molecule has 5 nitrogen and oxygen atoms in total. The highest BCUT2D eigenvalue weighted by molar-refractivity contribution is 5.76. The molecule has 0 atom stereocenters. The Balaban J connectivity index is 1.64. The fraction of sp³-hybridized carbons (Fsp3) is 0.667. The molecule has 2 aliphatic rings. The summed E-state index contributed by atoms with van der Waals surface area (Å²) in [6, 6.07) is 7.93. The molecule has 0 spiro atoms. The van der Waals surface area contributed by atoms with Crippen molar-refractivity contribution in [2.24, 2.45) is 11.8 Å². The third kappa shape index (κ3) is 4.35. The number of ether oxygens (including phenoxy) is 1. The number of hydrogen-bond donors (Lipinski definition) is 1. The van der Waals surface area contributed by atoms with Gasteiger partial charge in [0.05, 0.1) is 17.7 Å². The Hall–Kier alpha value is -1.88. The zero-order valence-electron chi connectivity index (χ0n) is 17.7. The zero-order valence-corrected chi connectivity index (χ0v) is 17.7. The molecular formula is C24H35N3O2. The van der Waals surface area contributed by atoms with Gasteiger partial charge in [-0.25, -0.2) is 0 Å². The SMILES string of the molecule is CCOC(=CCC(O)(C1CCCCC1)C1CCCCC1)n1nnc2ccccc21. The number of nitrogens with zero attached hydrogens (tertiary/aromatic N) is 3. The molecule has 1 heterocycles. The van der Waals surface area contributed by atoms with Crippen LogP contribution in [0, 0.1) is 11.8 Å². The molecule has 2 aliphatic carbocycles. The highest BCUT2D eigenvalue weighted by Gasteiger charge is 2.43. The van der Waals surface area contributed by atoms with Gasteiger partial charge in [0.25, 0.3) is 0 Å². The lowest BCUT2D eigenvalue weighted by Crippen LogP contribution is -2.46. The maximum Gasteiger partial charge on any atom is 0.212 e. The van der Waals surface area contributed by atoms with E-state index in [-0.39, 0.29) is 0 Å². The molecule has 0 saturated heterocycles. The summed E-state index contributed by atoms with van der Waals surface area (Å²) in [5.74, 6) is 1.48. The number of rotatable bonds is 7. The van der Waals surface area contributed by atoms with Gasteiger partial charge in [-0.15, -0.1) is 5.10 Å². The Morgan fingerprint density at radius 3 is 2.31 bits per heavy atom. The molecule has 4 rings (SSSR count). The largest absolute Gasteiger partial charge is 0.478 e. The van der Waals surface area contributed by atoms with Crippen molar-refractivity contribution in [1.82, 2.24) is 15.0 Å². The van der Waals surface area contributed by atoms with Crippen LogP contribution in [0.25, 0.3) is 16.9 Å². The van der Waals surface area contributed by atoms with E-state index < -0.39 is 5.60 Å². The second-order valence-electron chi connectivity index (χ2n) is 8.83. The number of benzene rings is 1. The minimum absolute atomic E-state index is 0.394. The Bertz CT molecular complexity index is 798. The van der Waals surface area contributed by atoms with Gasteiger partial charge in [-0.1, -0.05) is 55.9 Å². The van der Waals surface area contributed by atoms with E-state index in [2.05, 4.69) is 16.4 Å². The lowest BCUT2D eigenvalue weighted by Gasteiger charge is -2.45. The predicted molar refractivity (Wildman–Crippen MR) is 116 cm³/mol. The van der Waals surface area contributed by atoms with E-state index in [0.717, 1.165) is 36.7 Å².